The minimum Gasteiger partial charge on any atom is -0.326 e. The van der Waals surface area contributed by atoms with Crippen LogP contribution in [0.4, 0.5) is 11.4 Å². The number of benzene rings is 3. The quantitative estimate of drug-likeness (QED) is 0.413. The highest BCUT2D eigenvalue weighted by Crippen LogP contribution is 2.23. The molecule has 30 heavy (non-hydrogen) atoms. The zero-order valence-corrected chi connectivity index (χ0v) is 18.6. The second-order valence-electron chi connectivity index (χ2n) is 6.67. The van der Waals surface area contributed by atoms with Crippen molar-refractivity contribution in [2.75, 3.05) is 16.4 Å². The summed E-state index contributed by atoms with van der Waals surface area (Å²) in [5, 5.41) is 6.97. The predicted octanol–water partition coefficient (Wildman–Crippen LogP) is 6.21. The minimum absolute atomic E-state index is 0.103. The summed E-state index contributed by atoms with van der Waals surface area (Å²) in [6.45, 7) is 1.92. The lowest BCUT2D eigenvalue weighted by Crippen LogP contribution is -2.15. The van der Waals surface area contributed by atoms with Gasteiger partial charge in [0.15, 0.2) is 0 Å². The third kappa shape index (κ3) is 6.80. The molecule has 0 fully saturated rings. The molecular formula is C23H20Cl2N2O2S. The topological polar surface area (TPSA) is 58.2 Å². The van der Waals surface area contributed by atoms with E-state index < -0.39 is 0 Å². The average molecular weight is 459 g/mol. The van der Waals surface area contributed by atoms with Gasteiger partial charge in [-0.1, -0.05) is 41.4 Å². The standard InChI is InChI=1S/C23H20Cl2N2O2S/c1-15-2-5-18(25)13-21(15)27-23(29)14-30-20-10-8-19(9-11-20)26-22(28)12-16-3-6-17(24)7-4-16/h2-11,13H,12,14H2,1H3,(H,26,28)(H,27,29). The van der Waals surface area contributed by atoms with Gasteiger partial charge in [-0.3, -0.25) is 9.59 Å². The van der Waals surface area contributed by atoms with Crippen LogP contribution < -0.4 is 10.6 Å². The van der Waals surface area contributed by atoms with Crippen LogP contribution in [0.1, 0.15) is 11.1 Å². The molecule has 0 atom stereocenters. The summed E-state index contributed by atoms with van der Waals surface area (Å²) in [5.74, 6) is 0.0634. The van der Waals surface area contributed by atoms with Crippen molar-refractivity contribution in [2.45, 2.75) is 18.2 Å². The van der Waals surface area contributed by atoms with Gasteiger partial charge in [-0.25, -0.2) is 0 Å². The normalized spacial score (nSPS) is 10.5. The van der Waals surface area contributed by atoms with Crippen LogP contribution in [0, 0.1) is 6.92 Å². The van der Waals surface area contributed by atoms with Crippen molar-refractivity contribution in [3.63, 3.8) is 0 Å². The van der Waals surface area contributed by atoms with Gasteiger partial charge >= 0.3 is 0 Å². The Kier molecular flexibility index (Phi) is 7.80. The van der Waals surface area contributed by atoms with E-state index in [1.807, 2.05) is 49.4 Å². The molecule has 0 saturated heterocycles. The van der Waals surface area contributed by atoms with Crippen LogP contribution in [0.2, 0.25) is 10.0 Å². The third-order valence-corrected chi connectivity index (χ3v) is 5.76. The summed E-state index contributed by atoms with van der Waals surface area (Å²) in [6.07, 6.45) is 0.275. The second kappa shape index (κ2) is 10.5. The van der Waals surface area contributed by atoms with E-state index in [9.17, 15) is 9.59 Å². The van der Waals surface area contributed by atoms with E-state index in [0.717, 1.165) is 16.0 Å². The lowest BCUT2D eigenvalue weighted by molar-refractivity contribution is -0.115. The Morgan fingerprint density at radius 3 is 2.20 bits per heavy atom. The summed E-state index contributed by atoms with van der Waals surface area (Å²) in [7, 11) is 0. The molecule has 0 radical (unpaired) electrons. The first-order chi connectivity index (χ1) is 14.4. The largest absolute Gasteiger partial charge is 0.326 e. The molecule has 0 aliphatic carbocycles. The Morgan fingerprint density at radius 1 is 0.833 bits per heavy atom. The van der Waals surface area contributed by atoms with Crippen molar-refractivity contribution in [3.05, 3.63) is 87.9 Å². The number of rotatable bonds is 7. The highest BCUT2D eigenvalue weighted by Gasteiger charge is 2.08. The van der Waals surface area contributed by atoms with Gasteiger partial charge in [0.2, 0.25) is 11.8 Å². The van der Waals surface area contributed by atoms with Crippen molar-refractivity contribution >= 4 is 58.2 Å². The zero-order chi connectivity index (χ0) is 21.5. The number of carbonyl (C=O) groups is 2. The van der Waals surface area contributed by atoms with Crippen LogP contribution in [0.25, 0.3) is 0 Å². The summed E-state index contributed by atoms with van der Waals surface area (Å²) >= 11 is 13.3. The molecule has 0 aliphatic heterocycles. The fourth-order valence-corrected chi connectivity index (χ4v) is 3.69. The van der Waals surface area contributed by atoms with Gasteiger partial charge in [-0.15, -0.1) is 11.8 Å². The van der Waals surface area contributed by atoms with Crippen molar-refractivity contribution in [1.82, 2.24) is 0 Å². The SMILES string of the molecule is Cc1ccc(Cl)cc1NC(=O)CSc1ccc(NC(=O)Cc2ccc(Cl)cc2)cc1. The average Bonchev–Trinajstić information content (AvgIpc) is 2.72. The van der Waals surface area contributed by atoms with E-state index in [1.54, 1.807) is 24.3 Å². The Morgan fingerprint density at radius 2 is 1.50 bits per heavy atom. The van der Waals surface area contributed by atoms with Gasteiger partial charge < -0.3 is 10.6 Å². The number of nitrogens with one attached hydrogen (secondary N) is 2. The molecule has 0 saturated carbocycles. The second-order valence-corrected chi connectivity index (χ2v) is 8.59. The Labute approximate surface area is 190 Å². The number of hydrogen-bond donors (Lipinski definition) is 2. The summed E-state index contributed by atoms with van der Waals surface area (Å²) in [4.78, 5) is 25.3. The van der Waals surface area contributed by atoms with Crippen LogP contribution in [-0.4, -0.2) is 17.6 Å². The molecule has 4 nitrogen and oxygen atoms in total. The number of anilines is 2. The molecule has 2 N–H and O–H groups in total. The lowest BCUT2D eigenvalue weighted by atomic mass is 10.1. The van der Waals surface area contributed by atoms with Crippen LogP contribution in [-0.2, 0) is 16.0 Å². The minimum atomic E-state index is -0.106. The Bertz CT molecular complexity index is 1040. The van der Waals surface area contributed by atoms with Crippen LogP contribution >= 0.6 is 35.0 Å². The van der Waals surface area contributed by atoms with Gasteiger partial charge in [0.05, 0.1) is 12.2 Å². The summed E-state index contributed by atoms with van der Waals surface area (Å²) in [5.41, 5.74) is 3.27. The van der Waals surface area contributed by atoms with E-state index in [2.05, 4.69) is 10.6 Å². The monoisotopic (exact) mass is 458 g/mol. The molecule has 3 aromatic rings. The highest BCUT2D eigenvalue weighted by molar-refractivity contribution is 8.00. The van der Waals surface area contributed by atoms with E-state index in [4.69, 9.17) is 23.2 Å². The maximum absolute atomic E-state index is 12.2. The number of hydrogen-bond acceptors (Lipinski definition) is 3. The summed E-state index contributed by atoms with van der Waals surface area (Å²) < 4.78 is 0. The molecular weight excluding hydrogens is 439 g/mol. The van der Waals surface area contributed by atoms with Gasteiger partial charge in [-0.05, 0) is 66.6 Å². The van der Waals surface area contributed by atoms with Crippen molar-refractivity contribution in [2.24, 2.45) is 0 Å². The Balaban J connectivity index is 1.48. The highest BCUT2D eigenvalue weighted by atomic mass is 35.5. The van der Waals surface area contributed by atoms with E-state index >= 15 is 0 Å². The van der Waals surface area contributed by atoms with Crippen molar-refractivity contribution in [1.29, 1.82) is 0 Å². The van der Waals surface area contributed by atoms with Crippen molar-refractivity contribution < 1.29 is 9.59 Å². The van der Waals surface area contributed by atoms with Crippen LogP contribution in [0.5, 0.6) is 0 Å². The van der Waals surface area contributed by atoms with Gasteiger partial charge in [-0.2, -0.15) is 0 Å². The third-order valence-electron chi connectivity index (χ3n) is 4.26. The molecule has 0 heterocycles. The van der Waals surface area contributed by atoms with Crippen LogP contribution in [0.15, 0.2) is 71.6 Å². The fourth-order valence-electron chi connectivity index (χ4n) is 2.69. The molecule has 0 unspecified atom stereocenters. The zero-order valence-electron chi connectivity index (χ0n) is 16.2. The van der Waals surface area contributed by atoms with E-state index in [1.165, 1.54) is 11.8 Å². The fraction of sp³-hybridized carbons (Fsp3) is 0.130. The first-order valence-electron chi connectivity index (χ1n) is 9.22. The summed E-state index contributed by atoms with van der Waals surface area (Å²) in [6, 6.07) is 20.0. The first kappa shape index (κ1) is 22.2. The maximum Gasteiger partial charge on any atom is 0.234 e. The maximum atomic E-state index is 12.2. The molecule has 0 aromatic heterocycles. The predicted molar refractivity (Wildman–Crippen MR) is 126 cm³/mol. The lowest BCUT2D eigenvalue weighted by Gasteiger charge is -2.09. The first-order valence-corrected chi connectivity index (χ1v) is 11.0. The van der Waals surface area contributed by atoms with Crippen LogP contribution in [0.3, 0.4) is 0 Å². The molecule has 0 spiro atoms. The van der Waals surface area contributed by atoms with Crippen molar-refractivity contribution in [3.8, 4) is 0 Å². The van der Waals surface area contributed by atoms with Gasteiger partial charge in [0.1, 0.15) is 0 Å². The van der Waals surface area contributed by atoms with E-state index in [0.29, 0.717) is 21.4 Å². The molecule has 0 bridgehead atoms. The molecule has 3 aromatic carbocycles. The number of aryl methyl sites for hydroxylation is 1. The van der Waals surface area contributed by atoms with Gasteiger partial charge in [0.25, 0.3) is 0 Å². The van der Waals surface area contributed by atoms with E-state index in [-0.39, 0.29) is 24.0 Å². The molecule has 7 heteroatoms. The molecule has 2 amide bonds. The van der Waals surface area contributed by atoms with Gasteiger partial charge in [0, 0.05) is 26.3 Å². The Hall–Kier alpha value is -2.47. The molecule has 3 rings (SSSR count). The number of amides is 2. The molecule has 154 valence electrons. The number of halogens is 2. The number of thioether (sulfide) groups is 1. The smallest absolute Gasteiger partial charge is 0.234 e. The molecule has 0 aliphatic rings. The number of carbonyl (C=O) groups excluding carboxylic acids is 2.